The molecule has 0 saturated heterocycles. The summed E-state index contributed by atoms with van der Waals surface area (Å²) in [6, 6.07) is -0.623. The van der Waals surface area contributed by atoms with Gasteiger partial charge in [0.05, 0.1) is 25.4 Å². The Balaban J connectivity index is 3.32. The number of aliphatic hydroxyl groups excluding tert-OH is 2. The van der Waals surface area contributed by atoms with E-state index in [2.05, 4.69) is 43.5 Å². The second-order valence-corrected chi connectivity index (χ2v) is 23.1. The fourth-order valence-electron chi connectivity index (χ4n) is 10.4. The molecule has 0 bridgehead atoms. The van der Waals surface area contributed by atoms with E-state index in [1.807, 2.05) is 6.08 Å². The zero-order valence-electron chi connectivity index (χ0n) is 50.5. The number of ether oxygens (including phenoxy) is 1. The van der Waals surface area contributed by atoms with Crippen molar-refractivity contribution >= 4 is 11.9 Å². The van der Waals surface area contributed by atoms with E-state index in [1.54, 1.807) is 6.08 Å². The molecule has 75 heavy (non-hydrogen) atoms. The van der Waals surface area contributed by atoms with Crippen molar-refractivity contribution in [2.24, 2.45) is 0 Å². The van der Waals surface area contributed by atoms with Gasteiger partial charge in [-0.25, -0.2) is 0 Å². The second kappa shape index (κ2) is 64.6. The molecule has 6 heteroatoms. The predicted octanol–water partition coefficient (Wildman–Crippen LogP) is 21.5. The normalized spacial score (nSPS) is 12.7. The molecule has 0 aliphatic heterocycles. The number of nitrogens with one attached hydrogen (secondary N) is 1. The van der Waals surface area contributed by atoms with Gasteiger partial charge in [0.25, 0.3) is 0 Å². The second-order valence-electron chi connectivity index (χ2n) is 23.1. The monoisotopic (exact) mass is 1050 g/mol. The van der Waals surface area contributed by atoms with Gasteiger partial charge in [-0.3, -0.25) is 9.59 Å². The number of esters is 1. The molecule has 0 aliphatic rings. The lowest BCUT2D eigenvalue weighted by molar-refractivity contribution is -0.143. The molecule has 0 spiro atoms. The number of allylic oxidation sites excluding steroid dienone is 5. The summed E-state index contributed by atoms with van der Waals surface area (Å²) in [7, 11) is 0. The molecule has 0 aromatic heterocycles. The van der Waals surface area contributed by atoms with E-state index in [4.69, 9.17) is 4.74 Å². The number of aliphatic hydroxyl groups is 2. The Morgan fingerprint density at radius 3 is 0.947 bits per heavy atom. The minimum Gasteiger partial charge on any atom is -0.466 e. The molecule has 3 N–H and O–H groups in total. The Kier molecular flexibility index (Phi) is 63.0. The van der Waals surface area contributed by atoms with Crippen molar-refractivity contribution in [3.63, 3.8) is 0 Å². The van der Waals surface area contributed by atoms with E-state index in [0.29, 0.717) is 19.4 Å². The average molecular weight is 1050 g/mol. The van der Waals surface area contributed by atoms with E-state index in [9.17, 15) is 19.8 Å². The van der Waals surface area contributed by atoms with Gasteiger partial charge in [0.2, 0.25) is 5.91 Å². The highest BCUT2D eigenvalue weighted by atomic mass is 16.5. The Morgan fingerprint density at radius 1 is 0.360 bits per heavy atom. The predicted molar refractivity (Wildman–Crippen MR) is 329 cm³/mol. The van der Waals surface area contributed by atoms with Gasteiger partial charge >= 0.3 is 5.97 Å². The number of hydrogen-bond acceptors (Lipinski definition) is 5. The molecule has 0 saturated carbocycles. The van der Waals surface area contributed by atoms with Crippen molar-refractivity contribution in [1.29, 1.82) is 0 Å². The van der Waals surface area contributed by atoms with Crippen LogP contribution in [0.1, 0.15) is 367 Å². The highest BCUT2D eigenvalue weighted by molar-refractivity contribution is 5.76. The molecule has 0 aliphatic carbocycles. The minimum atomic E-state index is -0.839. The summed E-state index contributed by atoms with van der Waals surface area (Å²) in [6.07, 6.45) is 82.4. The minimum absolute atomic E-state index is 0.0114. The largest absolute Gasteiger partial charge is 0.466 e. The third-order valence-corrected chi connectivity index (χ3v) is 15.6. The van der Waals surface area contributed by atoms with Crippen LogP contribution in [-0.4, -0.2) is 47.4 Å². The number of rotatable bonds is 63. The van der Waals surface area contributed by atoms with Crippen LogP contribution in [0, 0.1) is 0 Å². The highest BCUT2D eigenvalue weighted by Gasteiger charge is 2.18. The standard InChI is InChI=1S/C69H131NO5/c1-3-5-7-9-11-13-14-15-40-43-47-51-55-59-63-69(74)75-64-60-56-52-48-44-41-38-36-34-32-30-28-26-24-22-20-18-16-17-19-21-23-25-27-29-31-33-35-37-39-42-46-50-54-58-62-68(73)70-66(65-71)67(72)61-57-53-49-45-12-10-8-6-4-2/h14-15,18,20,57,61,66-67,71-72H,3-13,16-17,19,21-56,58-60,62-65H2,1-2H3,(H,70,73)/b15-14-,20-18-,61-57+. The van der Waals surface area contributed by atoms with Crippen LogP contribution in [-0.2, 0) is 14.3 Å². The van der Waals surface area contributed by atoms with Crippen molar-refractivity contribution in [2.75, 3.05) is 13.2 Å². The molecular formula is C69H131NO5. The first-order valence-electron chi connectivity index (χ1n) is 33.8. The molecule has 2 unspecified atom stereocenters. The van der Waals surface area contributed by atoms with E-state index >= 15 is 0 Å². The van der Waals surface area contributed by atoms with Gasteiger partial charge in [0, 0.05) is 12.8 Å². The van der Waals surface area contributed by atoms with Crippen molar-refractivity contribution in [3.8, 4) is 0 Å². The number of amides is 1. The molecule has 1 amide bonds. The van der Waals surface area contributed by atoms with Crippen molar-refractivity contribution in [3.05, 3.63) is 36.5 Å². The summed E-state index contributed by atoms with van der Waals surface area (Å²) in [5.74, 6) is -0.0547. The van der Waals surface area contributed by atoms with Gasteiger partial charge < -0.3 is 20.3 Å². The van der Waals surface area contributed by atoms with Crippen LogP contribution < -0.4 is 5.32 Å². The first kappa shape index (κ1) is 73.1. The maximum absolute atomic E-state index is 12.4. The Bertz CT molecular complexity index is 1210. The fourth-order valence-corrected chi connectivity index (χ4v) is 10.4. The van der Waals surface area contributed by atoms with Gasteiger partial charge in [-0.15, -0.1) is 0 Å². The highest BCUT2D eigenvalue weighted by Crippen LogP contribution is 2.18. The van der Waals surface area contributed by atoms with Crippen LogP contribution in [0.25, 0.3) is 0 Å². The number of carbonyl (C=O) groups excluding carboxylic acids is 2. The van der Waals surface area contributed by atoms with Gasteiger partial charge in [-0.05, 0) is 83.5 Å². The summed E-state index contributed by atoms with van der Waals surface area (Å²) in [4.78, 5) is 24.4. The zero-order valence-corrected chi connectivity index (χ0v) is 50.5. The maximum Gasteiger partial charge on any atom is 0.305 e. The Labute approximate surface area is 468 Å². The van der Waals surface area contributed by atoms with Crippen LogP contribution in [0.2, 0.25) is 0 Å². The lowest BCUT2D eigenvalue weighted by atomic mass is 10.0. The van der Waals surface area contributed by atoms with E-state index in [-0.39, 0.29) is 18.5 Å². The van der Waals surface area contributed by atoms with E-state index in [1.165, 1.54) is 295 Å². The van der Waals surface area contributed by atoms with Crippen molar-refractivity contribution < 1.29 is 24.5 Å². The summed E-state index contributed by atoms with van der Waals surface area (Å²) in [6.45, 7) is 4.88. The molecule has 6 nitrogen and oxygen atoms in total. The quantitative estimate of drug-likeness (QED) is 0.0320. The summed E-state index contributed by atoms with van der Waals surface area (Å²) in [5, 5.41) is 23.0. The van der Waals surface area contributed by atoms with Crippen molar-refractivity contribution in [2.45, 2.75) is 379 Å². The summed E-state index contributed by atoms with van der Waals surface area (Å²) in [5.41, 5.74) is 0. The first-order chi connectivity index (χ1) is 37.0. The smallest absolute Gasteiger partial charge is 0.305 e. The number of carbonyl (C=O) groups is 2. The van der Waals surface area contributed by atoms with Crippen LogP contribution in [0.15, 0.2) is 36.5 Å². The van der Waals surface area contributed by atoms with Gasteiger partial charge in [-0.1, -0.05) is 307 Å². The summed E-state index contributed by atoms with van der Waals surface area (Å²) >= 11 is 0. The fraction of sp³-hybridized carbons (Fsp3) is 0.884. The van der Waals surface area contributed by atoms with E-state index in [0.717, 1.165) is 44.9 Å². The molecule has 0 rings (SSSR count). The Morgan fingerprint density at radius 2 is 0.627 bits per heavy atom. The van der Waals surface area contributed by atoms with Gasteiger partial charge in [0.15, 0.2) is 0 Å². The lowest BCUT2D eigenvalue weighted by Crippen LogP contribution is -2.45. The van der Waals surface area contributed by atoms with Gasteiger partial charge in [-0.2, -0.15) is 0 Å². The van der Waals surface area contributed by atoms with Crippen molar-refractivity contribution in [1.82, 2.24) is 5.32 Å². The molecule has 0 fully saturated rings. The average Bonchev–Trinajstić information content (AvgIpc) is 3.41. The number of hydrogen-bond donors (Lipinski definition) is 3. The molecule has 0 aromatic rings. The molecular weight excluding hydrogens is 923 g/mol. The molecule has 0 heterocycles. The SMILES string of the molecule is CCCCCCC/C=C\CCCCCCCC(=O)OCCCCCCCCCCCCCCCC/C=C\CCCCCCCCCCCCCCCCCCCC(=O)NC(CO)C(O)/C=C/CCCCCCCCC. The molecule has 2 atom stereocenters. The van der Waals surface area contributed by atoms with Crippen LogP contribution in [0.4, 0.5) is 0 Å². The van der Waals surface area contributed by atoms with E-state index < -0.39 is 12.1 Å². The number of unbranched alkanes of at least 4 members (excludes halogenated alkanes) is 48. The van der Waals surface area contributed by atoms with Crippen LogP contribution >= 0.6 is 0 Å². The van der Waals surface area contributed by atoms with Gasteiger partial charge in [0.1, 0.15) is 0 Å². The summed E-state index contributed by atoms with van der Waals surface area (Å²) < 4.78 is 5.49. The third-order valence-electron chi connectivity index (χ3n) is 15.6. The first-order valence-corrected chi connectivity index (χ1v) is 33.8. The Hall–Kier alpha value is -1.92. The molecule has 0 aromatic carbocycles. The molecule has 0 radical (unpaired) electrons. The third kappa shape index (κ3) is 61.2. The molecule has 442 valence electrons. The lowest BCUT2D eigenvalue weighted by Gasteiger charge is -2.20. The zero-order chi connectivity index (χ0) is 54.3. The maximum atomic E-state index is 12.4. The van der Waals surface area contributed by atoms with Crippen LogP contribution in [0.3, 0.4) is 0 Å². The van der Waals surface area contributed by atoms with Crippen LogP contribution in [0.5, 0.6) is 0 Å². The topological polar surface area (TPSA) is 95.9 Å².